The molecule has 0 atom stereocenters. The third-order valence-electron chi connectivity index (χ3n) is 2.96. The molecule has 0 unspecified atom stereocenters. The first-order valence-corrected chi connectivity index (χ1v) is 14.5. The highest BCUT2D eigenvalue weighted by Gasteiger charge is 2.34. The minimum absolute atomic E-state index is 0.412. The second-order valence-corrected chi connectivity index (χ2v) is 20.6. The van der Waals surface area contributed by atoms with Gasteiger partial charge in [-0.2, -0.15) is 0 Å². The van der Waals surface area contributed by atoms with E-state index in [0.717, 1.165) is 24.9 Å². The van der Waals surface area contributed by atoms with Crippen molar-refractivity contribution in [2.75, 3.05) is 0 Å². The van der Waals surface area contributed by atoms with Crippen LogP contribution >= 0.6 is 44.3 Å². The van der Waals surface area contributed by atoms with E-state index < -0.39 is 13.4 Å². The normalized spacial score (nSPS) is 13.9. The molecule has 0 heterocycles. The molecule has 0 aliphatic rings. The predicted octanol–water partition coefficient (Wildman–Crippen LogP) is 6.43. The zero-order chi connectivity index (χ0) is 13.0. The van der Waals surface area contributed by atoms with Crippen molar-refractivity contribution in [2.45, 2.75) is 63.7 Å². The first-order valence-electron chi connectivity index (χ1n) is 5.85. The van der Waals surface area contributed by atoms with Crippen molar-refractivity contribution < 1.29 is 0 Å². The van der Waals surface area contributed by atoms with E-state index in [-0.39, 0.29) is 0 Å². The van der Waals surface area contributed by atoms with Crippen molar-refractivity contribution in [3.63, 3.8) is 0 Å². The summed E-state index contributed by atoms with van der Waals surface area (Å²) in [6, 6.07) is 1.90. The lowest BCUT2D eigenvalue weighted by atomic mass is 10.4. The molecule has 0 rings (SSSR count). The van der Waals surface area contributed by atoms with Crippen LogP contribution in [0.25, 0.3) is 0 Å². The minimum Gasteiger partial charge on any atom is -0.146 e. The Kier molecular flexibility index (Phi) is 7.97. The maximum atomic E-state index is 6.33. The van der Waals surface area contributed by atoms with Gasteiger partial charge in [0.25, 0.3) is 13.4 Å². The van der Waals surface area contributed by atoms with Crippen molar-refractivity contribution in [3.05, 3.63) is 0 Å². The van der Waals surface area contributed by atoms with Gasteiger partial charge in [-0.05, 0) is 23.2 Å². The molecule has 0 bridgehead atoms. The van der Waals surface area contributed by atoms with Gasteiger partial charge in [-0.25, -0.2) is 0 Å². The Labute approximate surface area is 121 Å². The molecule has 0 aromatic heterocycles. The molecule has 0 aromatic carbocycles. The van der Waals surface area contributed by atoms with Crippen LogP contribution in [-0.2, 0) is 0 Å². The number of hydrogen-bond donors (Lipinski definition) is 0. The molecule has 0 aliphatic carbocycles. The van der Waals surface area contributed by atoms with Crippen LogP contribution in [0, 0.1) is 0 Å². The Morgan fingerprint density at radius 3 is 1.12 bits per heavy atom. The predicted molar refractivity (Wildman–Crippen MR) is 84.0 cm³/mol. The number of rotatable bonds is 7. The molecule has 0 aromatic rings. The number of unbranched alkanes of at least 4 members (excludes halogenated alkanes) is 1. The molecule has 0 saturated carbocycles. The molecule has 0 radical (unpaired) electrons. The Hall–Kier alpha value is 1.59. The van der Waals surface area contributed by atoms with Crippen LogP contribution in [0.4, 0.5) is 0 Å². The van der Waals surface area contributed by atoms with Gasteiger partial charge in [0.2, 0.25) is 0 Å². The molecule has 0 saturated heterocycles. The van der Waals surface area contributed by atoms with Crippen LogP contribution in [0.3, 0.4) is 0 Å². The van der Waals surface area contributed by atoms with E-state index in [9.17, 15) is 0 Å². The zero-order valence-electron chi connectivity index (χ0n) is 10.5. The summed E-state index contributed by atoms with van der Waals surface area (Å²) in [5.74, 6) is 0. The molecule has 16 heavy (non-hydrogen) atoms. The van der Waals surface area contributed by atoms with Crippen LogP contribution in [0.1, 0.15) is 40.5 Å². The Bertz CT molecular complexity index is 183. The van der Waals surface area contributed by atoms with Gasteiger partial charge in [-0.3, -0.25) is 0 Å². The third-order valence-corrected chi connectivity index (χ3v) is 15.9. The quantitative estimate of drug-likeness (QED) is 0.285. The Morgan fingerprint density at radius 1 is 0.688 bits per heavy atom. The van der Waals surface area contributed by atoms with Crippen molar-refractivity contribution in [1.29, 1.82) is 0 Å². The summed E-state index contributed by atoms with van der Waals surface area (Å²) in [5, 5.41) is 0. The van der Waals surface area contributed by atoms with E-state index >= 15 is 0 Å². The second kappa shape index (κ2) is 7.25. The lowest BCUT2D eigenvalue weighted by Gasteiger charge is -2.23. The van der Waals surface area contributed by atoms with Crippen molar-refractivity contribution in [2.24, 2.45) is 0 Å². The molecule has 0 spiro atoms. The van der Waals surface area contributed by atoms with E-state index in [2.05, 4.69) is 27.7 Å². The first kappa shape index (κ1) is 17.6. The molecule has 0 fully saturated rings. The highest BCUT2D eigenvalue weighted by atomic mass is 35.7. The average molecular weight is 340 g/mol. The molecule has 0 amide bonds. The number of halogens is 4. The van der Waals surface area contributed by atoms with Crippen LogP contribution in [0.15, 0.2) is 0 Å². The van der Waals surface area contributed by atoms with Gasteiger partial charge in [0, 0.05) is 0 Å². The average Bonchev–Trinajstić information content (AvgIpc) is 2.12. The summed E-state index contributed by atoms with van der Waals surface area (Å²) in [5.41, 5.74) is 0.824. The number of hydrogen-bond acceptors (Lipinski definition) is 0. The first-order chi connectivity index (χ1) is 7.09. The van der Waals surface area contributed by atoms with E-state index in [0.29, 0.717) is 11.1 Å². The fraction of sp³-hybridized carbons (Fsp3) is 1.00. The summed E-state index contributed by atoms with van der Waals surface area (Å²) in [7, 11) is 0. The van der Waals surface area contributed by atoms with Crippen molar-refractivity contribution in [1.82, 2.24) is 0 Å². The summed E-state index contributed by atoms with van der Waals surface area (Å²) in [6.07, 6.45) is 2.11. The lowest BCUT2D eigenvalue weighted by Crippen LogP contribution is -2.25. The van der Waals surface area contributed by atoms with Gasteiger partial charge in [-0.1, -0.05) is 40.5 Å². The van der Waals surface area contributed by atoms with Gasteiger partial charge in [0.15, 0.2) is 0 Å². The smallest absolute Gasteiger partial charge is 0.146 e. The van der Waals surface area contributed by atoms with Crippen LogP contribution in [0.5, 0.6) is 0 Å². The summed E-state index contributed by atoms with van der Waals surface area (Å²) >= 11 is 25.3. The lowest BCUT2D eigenvalue weighted by molar-refractivity contribution is 0.843. The molecule has 6 heteroatoms. The molecule has 0 N–H and O–H groups in total. The van der Waals surface area contributed by atoms with Crippen LogP contribution in [0.2, 0.25) is 23.2 Å². The van der Waals surface area contributed by atoms with E-state index in [1.165, 1.54) is 0 Å². The third kappa shape index (κ3) is 6.51. The fourth-order valence-electron chi connectivity index (χ4n) is 1.30. The van der Waals surface area contributed by atoms with E-state index in [1.54, 1.807) is 0 Å². The Morgan fingerprint density at radius 2 is 0.938 bits per heavy atom. The van der Waals surface area contributed by atoms with Crippen molar-refractivity contribution in [3.8, 4) is 0 Å². The minimum atomic E-state index is -2.03. The molecule has 0 nitrogen and oxygen atoms in total. The van der Waals surface area contributed by atoms with E-state index in [4.69, 9.17) is 44.3 Å². The summed E-state index contributed by atoms with van der Waals surface area (Å²) in [4.78, 5) is 0. The molecule has 98 valence electrons. The van der Waals surface area contributed by atoms with Gasteiger partial charge in [-0.15, -0.1) is 44.3 Å². The summed E-state index contributed by atoms with van der Waals surface area (Å²) in [6.45, 7) is 4.34. The highest BCUT2D eigenvalue weighted by Crippen LogP contribution is 2.38. The van der Waals surface area contributed by atoms with Crippen LogP contribution < -0.4 is 0 Å². The maximum Gasteiger partial charge on any atom is 0.253 e. The monoisotopic (exact) mass is 338 g/mol. The van der Waals surface area contributed by atoms with Crippen molar-refractivity contribution >= 4 is 57.7 Å². The fourth-order valence-corrected chi connectivity index (χ4v) is 5.50. The SMILES string of the molecule is CC(C)[Si](Cl)(Cl)CCCC[Si](Cl)(Cl)C(C)C. The summed E-state index contributed by atoms with van der Waals surface area (Å²) < 4.78 is 0. The molecular weight excluding hydrogens is 318 g/mol. The highest BCUT2D eigenvalue weighted by molar-refractivity contribution is 7.46. The van der Waals surface area contributed by atoms with Crippen LogP contribution in [-0.4, -0.2) is 13.4 Å². The van der Waals surface area contributed by atoms with Gasteiger partial charge in [0.1, 0.15) is 0 Å². The van der Waals surface area contributed by atoms with Gasteiger partial charge in [0.05, 0.1) is 0 Å². The maximum absolute atomic E-state index is 6.33. The largest absolute Gasteiger partial charge is 0.253 e. The van der Waals surface area contributed by atoms with Gasteiger partial charge < -0.3 is 0 Å². The molecule has 0 aliphatic heterocycles. The Balaban J connectivity index is 3.85. The second-order valence-electron chi connectivity index (χ2n) is 5.04. The standard InChI is InChI=1S/C10H22Cl4Si2/c1-9(2)15(11,12)7-5-6-8-16(13,14)10(3)4/h9-10H,5-8H2,1-4H3. The zero-order valence-corrected chi connectivity index (χ0v) is 15.5. The molecular formula is C10H22Cl4Si2. The topological polar surface area (TPSA) is 0 Å². The van der Waals surface area contributed by atoms with E-state index in [1.807, 2.05) is 0 Å². The van der Waals surface area contributed by atoms with Gasteiger partial charge >= 0.3 is 0 Å².